The smallest absolute Gasteiger partial charge is 0.242 e. The fraction of sp³-hybridized carbons (Fsp3) is 0.417. The number of halogens is 3. The van der Waals surface area contributed by atoms with E-state index in [0.717, 1.165) is 34.3 Å². The van der Waals surface area contributed by atoms with E-state index in [9.17, 15) is 26.8 Å². The van der Waals surface area contributed by atoms with Crippen LogP contribution in [-0.2, 0) is 26.2 Å². The first-order chi connectivity index (χ1) is 16.5. The van der Waals surface area contributed by atoms with Crippen LogP contribution >= 0.6 is 11.6 Å². The van der Waals surface area contributed by atoms with Crippen molar-refractivity contribution in [2.24, 2.45) is 0 Å². The van der Waals surface area contributed by atoms with Crippen LogP contribution in [0.5, 0.6) is 0 Å². The van der Waals surface area contributed by atoms with E-state index >= 15 is 0 Å². The fourth-order valence-corrected chi connectivity index (χ4v) is 4.73. The average Bonchev–Trinajstić information content (AvgIpc) is 2.79. The zero-order valence-electron chi connectivity index (χ0n) is 19.9. The Morgan fingerprint density at radius 3 is 2.26 bits per heavy atom. The Morgan fingerprint density at radius 1 is 1.06 bits per heavy atom. The number of rotatable bonds is 12. The van der Waals surface area contributed by atoms with Gasteiger partial charge in [0, 0.05) is 37.1 Å². The standard InChI is InChI=1S/C24H30ClF2N3O4S/c1-4-22(24(32)28-5-2)29(16-17-8-10-18(25)11-9-17)23(31)7-6-14-30(35(3,33)34)19-12-13-20(26)21(27)15-19/h8-13,15,22H,4-7,14,16H2,1-3H3,(H,28,32)/t22-/m1/s1. The maximum absolute atomic E-state index is 13.7. The third-order valence-corrected chi connectivity index (χ3v) is 6.79. The third-order valence-electron chi connectivity index (χ3n) is 5.35. The summed E-state index contributed by atoms with van der Waals surface area (Å²) in [5.74, 6) is -2.88. The first-order valence-corrected chi connectivity index (χ1v) is 13.4. The summed E-state index contributed by atoms with van der Waals surface area (Å²) in [5.41, 5.74) is 0.746. The van der Waals surface area contributed by atoms with Crippen molar-refractivity contribution in [1.82, 2.24) is 10.2 Å². The Hall–Kier alpha value is -2.72. The van der Waals surface area contributed by atoms with Gasteiger partial charge in [-0.05, 0) is 49.6 Å². The summed E-state index contributed by atoms with van der Waals surface area (Å²) in [4.78, 5) is 27.3. The lowest BCUT2D eigenvalue weighted by Gasteiger charge is -2.31. The quantitative estimate of drug-likeness (QED) is 0.448. The van der Waals surface area contributed by atoms with Gasteiger partial charge >= 0.3 is 0 Å². The van der Waals surface area contributed by atoms with Crippen LogP contribution in [0, 0.1) is 11.6 Å². The van der Waals surface area contributed by atoms with Gasteiger partial charge < -0.3 is 10.2 Å². The van der Waals surface area contributed by atoms with Gasteiger partial charge in [-0.15, -0.1) is 0 Å². The molecular formula is C24H30ClF2N3O4S. The van der Waals surface area contributed by atoms with Gasteiger partial charge in [-0.2, -0.15) is 0 Å². The third kappa shape index (κ3) is 8.17. The summed E-state index contributed by atoms with van der Waals surface area (Å²) < 4.78 is 52.5. The van der Waals surface area contributed by atoms with E-state index in [1.54, 1.807) is 38.1 Å². The molecule has 192 valence electrons. The van der Waals surface area contributed by atoms with Crippen LogP contribution in [0.4, 0.5) is 14.5 Å². The monoisotopic (exact) mass is 529 g/mol. The van der Waals surface area contributed by atoms with E-state index in [2.05, 4.69) is 5.32 Å². The van der Waals surface area contributed by atoms with Crippen LogP contribution in [0.2, 0.25) is 5.02 Å². The molecule has 0 spiro atoms. The second kappa shape index (κ2) is 12.8. The number of benzene rings is 2. The second-order valence-electron chi connectivity index (χ2n) is 8.00. The Labute approximate surface area is 210 Å². The molecule has 0 saturated carbocycles. The predicted octanol–water partition coefficient (Wildman–Crippen LogP) is 4.11. The summed E-state index contributed by atoms with van der Waals surface area (Å²) >= 11 is 5.95. The van der Waals surface area contributed by atoms with Gasteiger partial charge in [0.2, 0.25) is 21.8 Å². The Kier molecular flexibility index (Phi) is 10.5. The number of hydrogen-bond acceptors (Lipinski definition) is 4. The molecule has 0 unspecified atom stereocenters. The second-order valence-corrected chi connectivity index (χ2v) is 10.3. The van der Waals surface area contributed by atoms with E-state index in [1.807, 2.05) is 0 Å². The van der Waals surface area contributed by atoms with Crippen LogP contribution in [-0.4, -0.2) is 50.5 Å². The van der Waals surface area contributed by atoms with Gasteiger partial charge in [0.1, 0.15) is 6.04 Å². The molecule has 0 radical (unpaired) electrons. The van der Waals surface area contributed by atoms with Crippen LogP contribution in [0.25, 0.3) is 0 Å². The lowest BCUT2D eigenvalue weighted by atomic mass is 10.1. The molecule has 0 heterocycles. The molecule has 2 rings (SSSR count). The first-order valence-electron chi connectivity index (χ1n) is 11.2. The summed E-state index contributed by atoms with van der Waals surface area (Å²) in [6.45, 7) is 4.05. The maximum atomic E-state index is 13.7. The Bertz CT molecular complexity index is 1130. The molecule has 35 heavy (non-hydrogen) atoms. The van der Waals surface area contributed by atoms with Crippen molar-refractivity contribution in [3.8, 4) is 0 Å². The van der Waals surface area contributed by atoms with Crippen LogP contribution < -0.4 is 9.62 Å². The van der Waals surface area contributed by atoms with Crippen molar-refractivity contribution in [3.63, 3.8) is 0 Å². The zero-order valence-corrected chi connectivity index (χ0v) is 21.5. The highest BCUT2D eigenvalue weighted by Crippen LogP contribution is 2.22. The number of likely N-dealkylation sites (N-methyl/N-ethyl adjacent to an activating group) is 1. The molecule has 7 nitrogen and oxygen atoms in total. The van der Waals surface area contributed by atoms with E-state index in [1.165, 1.54) is 4.90 Å². The molecule has 0 saturated heterocycles. The molecule has 2 amide bonds. The molecule has 0 bridgehead atoms. The van der Waals surface area contributed by atoms with Crippen LogP contribution in [0.3, 0.4) is 0 Å². The van der Waals surface area contributed by atoms with Gasteiger partial charge in [-0.1, -0.05) is 30.7 Å². The highest BCUT2D eigenvalue weighted by Gasteiger charge is 2.28. The van der Waals surface area contributed by atoms with Gasteiger partial charge in [-0.3, -0.25) is 13.9 Å². The molecule has 1 atom stereocenters. The van der Waals surface area contributed by atoms with Crippen molar-refractivity contribution in [1.29, 1.82) is 0 Å². The molecule has 0 aliphatic heterocycles. The molecule has 0 aliphatic carbocycles. The Balaban J connectivity index is 2.21. The topological polar surface area (TPSA) is 86.8 Å². The van der Waals surface area contributed by atoms with Crippen molar-refractivity contribution in [2.45, 2.75) is 45.7 Å². The van der Waals surface area contributed by atoms with Gasteiger partial charge in [0.05, 0.1) is 11.9 Å². The summed E-state index contributed by atoms with van der Waals surface area (Å²) in [7, 11) is -3.82. The number of carbonyl (C=O) groups is 2. The minimum Gasteiger partial charge on any atom is -0.355 e. The largest absolute Gasteiger partial charge is 0.355 e. The molecular weight excluding hydrogens is 500 g/mol. The predicted molar refractivity (Wildman–Crippen MR) is 133 cm³/mol. The molecule has 2 aromatic rings. The fourth-order valence-electron chi connectivity index (χ4n) is 3.64. The molecule has 0 aliphatic rings. The molecule has 11 heteroatoms. The van der Waals surface area contributed by atoms with Crippen LogP contribution in [0.15, 0.2) is 42.5 Å². The molecule has 0 fully saturated rings. The molecule has 1 N–H and O–H groups in total. The van der Waals surface area contributed by atoms with E-state index in [0.29, 0.717) is 18.0 Å². The number of nitrogens with one attached hydrogen (secondary N) is 1. The Morgan fingerprint density at radius 2 is 1.71 bits per heavy atom. The number of carbonyl (C=O) groups excluding carboxylic acids is 2. The number of hydrogen-bond donors (Lipinski definition) is 1. The first kappa shape index (κ1) is 28.5. The summed E-state index contributed by atoms with van der Waals surface area (Å²) in [6.07, 6.45) is 1.38. The van der Waals surface area contributed by atoms with Crippen molar-refractivity contribution in [3.05, 3.63) is 64.7 Å². The summed E-state index contributed by atoms with van der Waals surface area (Å²) in [6, 6.07) is 9.01. The average molecular weight is 530 g/mol. The van der Waals surface area contributed by atoms with Crippen molar-refractivity contribution in [2.75, 3.05) is 23.7 Å². The number of sulfonamides is 1. The molecule has 2 aromatic carbocycles. The maximum Gasteiger partial charge on any atom is 0.242 e. The van der Waals surface area contributed by atoms with E-state index < -0.39 is 27.7 Å². The normalized spacial score (nSPS) is 12.2. The van der Waals surface area contributed by atoms with E-state index in [-0.39, 0.29) is 43.4 Å². The van der Waals surface area contributed by atoms with E-state index in [4.69, 9.17) is 11.6 Å². The molecule has 0 aromatic heterocycles. The minimum atomic E-state index is -3.82. The van der Waals surface area contributed by atoms with Gasteiger partial charge in [-0.25, -0.2) is 17.2 Å². The minimum absolute atomic E-state index is 0.0365. The van der Waals surface area contributed by atoms with Crippen molar-refractivity contribution < 1.29 is 26.8 Å². The highest BCUT2D eigenvalue weighted by molar-refractivity contribution is 7.92. The highest BCUT2D eigenvalue weighted by atomic mass is 35.5. The lowest BCUT2D eigenvalue weighted by Crippen LogP contribution is -2.49. The lowest BCUT2D eigenvalue weighted by molar-refractivity contribution is -0.141. The number of amides is 2. The van der Waals surface area contributed by atoms with Crippen molar-refractivity contribution >= 4 is 39.1 Å². The van der Waals surface area contributed by atoms with Gasteiger partial charge in [0.15, 0.2) is 11.6 Å². The summed E-state index contributed by atoms with van der Waals surface area (Å²) in [5, 5.41) is 3.29. The SMILES string of the molecule is CCNC(=O)[C@@H](CC)N(Cc1ccc(Cl)cc1)C(=O)CCCN(c1ccc(F)c(F)c1)S(C)(=O)=O. The number of nitrogens with zero attached hydrogens (tertiary/aromatic N) is 2. The zero-order chi connectivity index (χ0) is 26.2. The van der Waals surface area contributed by atoms with Gasteiger partial charge in [0.25, 0.3) is 0 Å². The number of anilines is 1. The van der Waals surface area contributed by atoms with Crippen LogP contribution in [0.1, 0.15) is 38.7 Å².